The first kappa shape index (κ1) is 16.3. The summed E-state index contributed by atoms with van der Waals surface area (Å²) in [5.41, 5.74) is 7.53. The summed E-state index contributed by atoms with van der Waals surface area (Å²) in [6.45, 7) is 2.17. The molecule has 0 bridgehead atoms. The number of benzene rings is 3. The average Bonchev–Trinajstić information content (AvgIpc) is 2.75. The van der Waals surface area contributed by atoms with Crippen LogP contribution < -0.4 is 4.90 Å². The molecule has 0 saturated carbocycles. The van der Waals surface area contributed by atoms with Crippen LogP contribution in [0.25, 0.3) is 0 Å². The fraction of sp³-hybridized carbons (Fsp3) is 0.240. The molecule has 2 atom stereocenters. The van der Waals surface area contributed by atoms with Gasteiger partial charge in [-0.05, 0) is 47.2 Å². The minimum Gasteiger partial charge on any atom is -0.371 e. The smallest absolute Gasteiger partial charge is 0.150 e. The first-order valence-electron chi connectivity index (χ1n) is 9.83. The van der Waals surface area contributed by atoms with Crippen molar-refractivity contribution >= 4 is 12.0 Å². The van der Waals surface area contributed by atoms with E-state index in [0.717, 1.165) is 37.8 Å². The molecule has 27 heavy (non-hydrogen) atoms. The summed E-state index contributed by atoms with van der Waals surface area (Å²) < 4.78 is 0. The molecule has 0 spiro atoms. The number of hydrogen-bond acceptors (Lipinski definition) is 2. The van der Waals surface area contributed by atoms with Crippen LogP contribution in [0.15, 0.2) is 72.8 Å². The van der Waals surface area contributed by atoms with Crippen molar-refractivity contribution in [3.05, 3.63) is 101 Å². The Bertz CT molecular complexity index is 892. The molecule has 2 nitrogen and oxygen atoms in total. The van der Waals surface area contributed by atoms with Crippen molar-refractivity contribution in [2.75, 3.05) is 18.0 Å². The van der Waals surface area contributed by atoms with Gasteiger partial charge < -0.3 is 4.90 Å². The van der Waals surface area contributed by atoms with E-state index in [-0.39, 0.29) is 0 Å². The Hall–Kier alpha value is -2.87. The quantitative estimate of drug-likeness (QED) is 0.590. The molecule has 0 amide bonds. The molecule has 0 saturated heterocycles. The SMILES string of the molecule is O=Cc1cc2c3c(c1)C(c1ccccc1)CCN3CCC2c1ccccc1. The zero-order chi connectivity index (χ0) is 18.2. The Labute approximate surface area is 160 Å². The van der Waals surface area contributed by atoms with Crippen LogP contribution in [0.4, 0.5) is 5.69 Å². The van der Waals surface area contributed by atoms with Crippen LogP contribution in [0.3, 0.4) is 0 Å². The molecular formula is C25H23NO. The van der Waals surface area contributed by atoms with Crippen molar-refractivity contribution in [2.45, 2.75) is 24.7 Å². The number of rotatable bonds is 3. The molecule has 134 valence electrons. The van der Waals surface area contributed by atoms with Crippen LogP contribution in [0.2, 0.25) is 0 Å². The highest BCUT2D eigenvalue weighted by atomic mass is 16.1. The van der Waals surface area contributed by atoms with Crippen LogP contribution in [0.5, 0.6) is 0 Å². The van der Waals surface area contributed by atoms with Crippen molar-refractivity contribution < 1.29 is 4.79 Å². The predicted octanol–water partition coefficient (Wildman–Crippen LogP) is 5.38. The summed E-state index contributed by atoms with van der Waals surface area (Å²) in [6, 6.07) is 25.7. The second kappa shape index (κ2) is 6.70. The van der Waals surface area contributed by atoms with Gasteiger partial charge in [0.15, 0.2) is 0 Å². The van der Waals surface area contributed by atoms with Crippen LogP contribution in [0.1, 0.15) is 57.3 Å². The number of hydrogen-bond donors (Lipinski definition) is 0. The van der Waals surface area contributed by atoms with E-state index in [1.807, 2.05) is 0 Å². The lowest BCUT2D eigenvalue weighted by Gasteiger charge is -2.43. The summed E-state index contributed by atoms with van der Waals surface area (Å²) in [5, 5.41) is 0. The largest absolute Gasteiger partial charge is 0.371 e. The number of carbonyl (C=O) groups is 1. The van der Waals surface area contributed by atoms with Gasteiger partial charge in [0.1, 0.15) is 6.29 Å². The summed E-state index contributed by atoms with van der Waals surface area (Å²) in [4.78, 5) is 14.3. The molecule has 2 unspecified atom stereocenters. The van der Waals surface area contributed by atoms with Crippen LogP contribution in [-0.2, 0) is 0 Å². The standard InChI is InChI=1S/C25H23NO/c27-17-18-15-23-21(19-7-3-1-4-8-19)11-13-26-14-12-22(24(16-18)25(23)26)20-9-5-2-6-10-20/h1-10,15-17,21-22H,11-14H2. The number of carbonyl (C=O) groups excluding carboxylic acids is 1. The minimum absolute atomic E-state index is 0.366. The third-order valence-electron chi connectivity index (χ3n) is 6.17. The maximum absolute atomic E-state index is 11.7. The van der Waals surface area contributed by atoms with Crippen molar-refractivity contribution in [1.82, 2.24) is 0 Å². The summed E-state index contributed by atoms with van der Waals surface area (Å²) in [7, 11) is 0. The molecule has 0 radical (unpaired) electrons. The topological polar surface area (TPSA) is 20.3 Å². The second-order valence-electron chi connectivity index (χ2n) is 7.66. The van der Waals surface area contributed by atoms with E-state index in [0.29, 0.717) is 11.8 Å². The van der Waals surface area contributed by atoms with Gasteiger partial charge in [0.25, 0.3) is 0 Å². The number of aldehydes is 1. The number of nitrogens with zero attached hydrogens (tertiary/aromatic N) is 1. The fourth-order valence-electron chi connectivity index (χ4n) is 4.95. The molecule has 2 heteroatoms. The Morgan fingerprint density at radius 3 is 1.67 bits per heavy atom. The molecule has 2 aliphatic heterocycles. The van der Waals surface area contributed by atoms with E-state index in [4.69, 9.17) is 0 Å². The van der Waals surface area contributed by atoms with E-state index in [9.17, 15) is 4.79 Å². The van der Waals surface area contributed by atoms with E-state index >= 15 is 0 Å². The zero-order valence-corrected chi connectivity index (χ0v) is 15.3. The lowest BCUT2D eigenvalue weighted by Crippen LogP contribution is -2.37. The highest BCUT2D eigenvalue weighted by molar-refractivity contribution is 5.80. The molecule has 5 rings (SSSR count). The van der Waals surface area contributed by atoms with E-state index < -0.39 is 0 Å². The minimum atomic E-state index is 0.366. The van der Waals surface area contributed by atoms with Gasteiger partial charge >= 0.3 is 0 Å². The highest BCUT2D eigenvalue weighted by Crippen LogP contribution is 2.48. The molecule has 0 aromatic heterocycles. The maximum atomic E-state index is 11.7. The van der Waals surface area contributed by atoms with E-state index in [2.05, 4.69) is 77.7 Å². The maximum Gasteiger partial charge on any atom is 0.150 e. The first-order chi connectivity index (χ1) is 13.3. The third-order valence-corrected chi connectivity index (χ3v) is 6.17. The normalized spacial score (nSPS) is 20.8. The van der Waals surface area contributed by atoms with Gasteiger partial charge in [-0.25, -0.2) is 0 Å². The van der Waals surface area contributed by atoms with Gasteiger partial charge in [-0.1, -0.05) is 60.7 Å². The molecule has 3 aromatic carbocycles. The summed E-state index contributed by atoms with van der Waals surface area (Å²) >= 11 is 0. The van der Waals surface area contributed by atoms with Crippen LogP contribution in [0, 0.1) is 0 Å². The molecular weight excluding hydrogens is 330 g/mol. The lowest BCUT2D eigenvalue weighted by molar-refractivity contribution is 0.112. The lowest BCUT2D eigenvalue weighted by atomic mass is 9.76. The Kier molecular flexibility index (Phi) is 4.05. The van der Waals surface area contributed by atoms with Gasteiger partial charge in [0.05, 0.1) is 0 Å². The van der Waals surface area contributed by atoms with Gasteiger partial charge in [-0.15, -0.1) is 0 Å². The first-order valence-corrected chi connectivity index (χ1v) is 9.83. The molecule has 3 aromatic rings. The Balaban J connectivity index is 1.70. The molecule has 2 aliphatic rings. The van der Waals surface area contributed by atoms with Gasteiger partial charge in [-0.2, -0.15) is 0 Å². The molecule has 0 fully saturated rings. The van der Waals surface area contributed by atoms with Crippen LogP contribution >= 0.6 is 0 Å². The van der Waals surface area contributed by atoms with Crippen LogP contribution in [-0.4, -0.2) is 19.4 Å². The zero-order valence-electron chi connectivity index (χ0n) is 15.3. The van der Waals surface area contributed by atoms with Crippen molar-refractivity contribution in [3.8, 4) is 0 Å². The Morgan fingerprint density at radius 1 is 0.741 bits per heavy atom. The number of anilines is 1. The highest BCUT2D eigenvalue weighted by Gasteiger charge is 2.34. The summed E-state index contributed by atoms with van der Waals surface area (Å²) in [6.07, 6.45) is 3.22. The monoisotopic (exact) mass is 353 g/mol. The molecule has 0 aliphatic carbocycles. The van der Waals surface area contributed by atoms with Crippen molar-refractivity contribution in [2.24, 2.45) is 0 Å². The second-order valence-corrected chi connectivity index (χ2v) is 7.66. The van der Waals surface area contributed by atoms with Gasteiger partial charge in [0, 0.05) is 36.2 Å². The van der Waals surface area contributed by atoms with Gasteiger partial charge in [-0.3, -0.25) is 4.79 Å². The average molecular weight is 353 g/mol. The fourth-order valence-corrected chi connectivity index (χ4v) is 4.95. The van der Waals surface area contributed by atoms with E-state index in [1.165, 1.54) is 27.9 Å². The molecule has 0 N–H and O–H groups in total. The molecule has 2 heterocycles. The van der Waals surface area contributed by atoms with E-state index in [1.54, 1.807) is 0 Å². The summed E-state index contributed by atoms with van der Waals surface area (Å²) in [5.74, 6) is 0.733. The van der Waals surface area contributed by atoms with Crippen molar-refractivity contribution in [1.29, 1.82) is 0 Å². The Morgan fingerprint density at radius 2 is 1.22 bits per heavy atom. The third kappa shape index (κ3) is 2.76. The van der Waals surface area contributed by atoms with Gasteiger partial charge in [0.2, 0.25) is 0 Å². The van der Waals surface area contributed by atoms with Crippen molar-refractivity contribution in [3.63, 3.8) is 0 Å². The predicted molar refractivity (Wildman–Crippen MR) is 110 cm³/mol.